The molecule has 0 bridgehead atoms. The van der Waals surface area contributed by atoms with Crippen LogP contribution in [0.25, 0.3) is 10.2 Å². The molecule has 0 saturated carbocycles. The number of aromatic nitrogens is 1. The number of benzene rings is 2. The van der Waals surface area contributed by atoms with Crippen molar-refractivity contribution >= 4 is 49.9 Å². The zero-order valence-electron chi connectivity index (χ0n) is 13.0. The minimum atomic E-state index is -0.596. The van der Waals surface area contributed by atoms with Gasteiger partial charge in [-0.15, -0.1) is 0 Å². The SMILES string of the molecule is CC(=O)Nc1nc2ccc(NC(=O)c3ccccc3[N+](=O)[O-])cc2s1. The summed E-state index contributed by atoms with van der Waals surface area (Å²) < 4.78 is 0.768. The van der Waals surface area contributed by atoms with Gasteiger partial charge < -0.3 is 10.6 Å². The van der Waals surface area contributed by atoms with Crippen LogP contribution >= 0.6 is 11.3 Å². The number of para-hydroxylation sites is 1. The molecule has 0 atom stereocenters. The minimum Gasteiger partial charge on any atom is -0.322 e. The molecule has 1 aromatic heterocycles. The number of hydrogen-bond donors (Lipinski definition) is 2. The molecule has 0 aliphatic rings. The highest BCUT2D eigenvalue weighted by atomic mass is 32.1. The molecule has 9 heteroatoms. The fourth-order valence-corrected chi connectivity index (χ4v) is 3.18. The fourth-order valence-electron chi connectivity index (χ4n) is 2.23. The monoisotopic (exact) mass is 356 g/mol. The summed E-state index contributed by atoms with van der Waals surface area (Å²) in [5.74, 6) is -0.790. The maximum absolute atomic E-state index is 12.3. The van der Waals surface area contributed by atoms with Crippen LogP contribution in [0.1, 0.15) is 17.3 Å². The van der Waals surface area contributed by atoms with Gasteiger partial charge in [0.15, 0.2) is 5.13 Å². The Hall–Kier alpha value is -3.33. The molecular formula is C16H12N4O4S. The van der Waals surface area contributed by atoms with Crippen molar-refractivity contribution in [1.82, 2.24) is 4.98 Å². The van der Waals surface area contributed by atoms with Gasteiger partial charge in [-0.2, -0.15) is 0 Å². The van der Waals surface area contributed by atoms with E-state index in [1.807, 2.05) is 0 Å². The van der Waals surface area contributed by atoms with Crippen LogP contribution in [-0.2, 0) is 4.79 Å². The summed E-state index contributed by atoms with van der Waals surface area (Å²) in [5, 5.41) is 16.7. The van der Waals surface area contributed by atoms with E-state index in [9.17, 15) is 19.7 Å². The van der Waals surface area contributed by atoms with Gasteiger partial charge in [0.1, 0.15) is 5.56 Å². The highest BCUT2D eigenvalue weighted by molar-refractivity contribution is 7.22. The van der Waals surface area contributed by atoms with Crippen molar-refractivity contribution in [3.63, 3.8) is 0 Å². The average molecular weight is 356 g/mol. The lowest BCUT2D eigenvalue weighted by Gasteiger charge is -2.05. The topological polar surface area (TPSA) is 114 Å². The first kappa shape index (κ1) is 16.5. The van der Waals surface area contributed by atoms with Crippen LogP contribution in [0.2, 0.25) is 0 Å². The summed E-state index contributed by atoms with van der Waals surface area (Å²) in [4.78, 5) is 38.1. The van der Waals surface area contributed by atoms with Crippen LogP contribution in [0.3, 0.4) is 0 Å². The lowest BCUT2D eigenvalue weighted by atomic mass is 10.1. The third-order valence-electron chi connectivity index (χ3n) is 3.27. The van der Waals surface area contributed by atoms with Gasteiger partial charge in [-0.25, -0.2) is 4.98 Å². The highest BCUT2D eigenvalue weighted by Gasteiger charge is 2.19. The number of carbonyl (C=O) groups excluding carboxylic acids is 2. The van der Waals surface area contributed by atoms with Crippen molar-refractivity contribution < 1.29 is 14.5 Å². The second-order valence-electron chi connectivity index (χ2n) is 5.11. The predicted octanol–water partition coefficient (Wildman–Crippen LogP) is 3.42. The van der Waals surface area contributed by atoms with E-state index < -0.39 is 10.8 Å². The Morgan fingerprint density at radius 3 is 2.64 bits per heavy atom. The molecule has 0 aliphatic heterocycles. The molecule has 0 unspecified atom stereocenters. The molecule has 1 heterocycles. The van der Waals surface area contributed by atoms with Crippen LogP contribution in [0, 0.1) is 10.1 Å². The standard InChI is InChI=1S/C16H12N4O4S/c1-9(21)17-16-19-12-7-6-10(8-14(12)25-16)18-15(22)11-4-2-3-5-13(11)20(23)24/h2-8H,1H3,(H,18,22)(H,17,19,21). The molecule has 0 fully saturated rings. The summed E-state index contributed by atoms with van der Waals surface area (Å²) in [6.45, 7) is 1.39. The van der Waals surface area contributed by atoms with Crippen LogP contribution in [0.5, 0.6) is 0 Å². The predicted molar refractivity (Wildman–Crippen MR) is 95.0 cm³/mol. The molecule has 2 amide bonds. The van der Waals surface area contributed by atoms with Crippen molar-refractivity contribution in [2.24, 2.45) is 0 Å². The van der Waals surface area contributed by atoms with Crippen LogP contribution in [0.15, 0.2) is 42.5 Å². The summed E-state index contributed by atoms with van der Waals surface area (Å²) >= 11 is 1.27. The lowest BCUT2D eigenvalue weighted by Crippen LogP contribution is -2.13. The van der Waals surface area contributed by atoms with Gasteiger partial charge >= 0.3 is 0 Å². The number of nitrogens with one attached hydrogen (secondary N) is 2. The Morgan fingerprint density at radius 1 is 1.16 bits per heavy atom. The van der Waals surface area contributed by atoms with Gasteiger partial charge in [0, 0.05) is 18.7 Å². The molecule has 2 aromatic carbocycles. The molecule has 25 heavy (non-hydrogen) atoms. The fraction of sp³-hybridized carbons (Fsp3) is 0.0625. The van der Waals surface area contributed by atoms with Crippen LogP contribution in [-0.4, -0.2) is 21.7 Å². The van der Waals surface area contributed by atoms with Crippen LogP contribution in [0.4, 0.5) is 16.5 Å². The third-order valence-corrected chi connectivity index (χ3v) is 4.21. The maximum Gasteiger partial charge on any atom is 0.282 e. The first-order valence-electron chi connectivity index (χ1n) is 7.17. The van der Waals surface area contributed by atoms with Gasteiger partial charge in [0.25, 0.3) is 11.6 Å². The van der Waals surface area contributed by atoms with Gasteiger partial charge in [-0.1, -0.05) is 23.5 Å². The largest absolute Gasteiger partial charge is 0.322 e. The molecule has 8 nitrogen and oxygen atoms in total. The maximum atomic E-state index is 12.3. The van der Waals surface area contributed by atoms with E-state index in [0.717, 1.165) is 4.70 Å². The van der Waals surface area contributed by atoms with E-state index in [4.69, 9.17) is 0 Å². The number of nitro groups is 1. The van der Waals surface area contributed by atoms with Crippen molar-refractivity contribution in [3.8, 4) is 0 Å². The van der Waals surface area contributed by atoms with Gasteiger partial charge in [-0.3, -0.25) is 19.7 Å². The number of anilines is 2. The number of rotatable bonds is 4. The molecule has 2 N–H and O–H groups in total. The van der Waals surface area contributed by atoms with E-state index in [-0.39, 0.29) is 17.2 Å². The lowest BCUT2D eigenvalue weighted by molar-refractivity contribution is -0.385. The third kappa shape index (κ3) is 3.61. The quantitative estimate of drug-likeness (QED) is 0.549. The molecular weight excluding hydrogens is 344 g/mol. The summed E-state index contributed by atoms with van der Waals surface area (Å²) in [5.41, 5.74) is 0.883. The van der Waals surface area contributed by atoms with E-state index in [2.05, 4.69) is 15.6 Å². The summed E-state index contributed by atoms with van der Waals surface area (Å²) in [7, 11) is 0. The Morgan fingerprint density at radius 2 is 1.92 bits per heavy atom. The number of thiazole rings is 1. The number of nitro benzene ring substituents is 1. The van der Waals surface area contributed by atoms with Crippen molar-refractivity contribution in [2.75, 3.05) is 10.6 Å². The zero-order chi connectivity index (χ0) is 18.0. The number of carbonyl (C=O) groups is 2. The number of fused-ring (bicyclic) bond motifs is 1. The normalized spacial score (nSPS) is 10.4. The van der Waals surface area contributed by atoms with E-state index in [0.29, 0.717) is 16.3 Å². The highest BCUT2D eigenvalue weighted by Crippen LogP contribution is 2.29. The minimum absolute atomic E-state index is 0.0177. The molecule has 3 rings (SSSR count). The second-order valence-corrected chi connectivity index (χ2v) is 6.14. The van der Waals surface area contributed by atoms with E-state index in [1.165, 1.54) is 36.5 Å². The molecule has 0 saturated heterocycles. The van der Waals surface area contributed by atoms with Crippen molar-refractivity contribution in [1.29, 1.82) is 0 Å². The second kappa shape index (κ2) is 6.65. The average Bonchev–Trinajstić information content (AvgIpc) is 2.95. The first-order chi connectivity index (χ1) is 11.9. The number of hydrogen-bond acceptors (Lipinski definition) is 6. The van der Waals surface area contributed by atoms with Crippen molar-refractivity contribution in [3.05, 3.63) is 58.1 Å². The van der Waals surface area contributed by atoms with Crippen LogP contribution < -0.4 is 10.6 Å². The first-order valence-corrected chi connectivity index (χ1v) is 7.98. The van der Waals surface area contributed by atoms with E-state index >= 15 is 0 Å². The molecule has 126 valence electrons. The Labute approximate surface area is 145 Å². The number of amides is 2. The summed E-state index contributed by atoms with van der Waals surface area (Å²) in [6, 6.07) is 10.8. The molecule has 3 aromatic rings. The Balaban J connectivity index is 1.86. The van der Waals surface area contributed by atoms with Gasteiger partial charge in [-0.05, 0) is 24.3 Å². The molecule has 0 radical (unpaired) electrons. The number of nitrogens with zero attached hydrogens (tertiary/aromatic N) is 2. The molecule has 0 aliphatic carbocycles. The van der Waals surface area contributed by atoms with Gasteiger partial charge in [0.05, 0.1) is 15.1 Å². The Kier molecular flexibility index (Phi) is 4.40. The van der Waals surface area contributed by atoms with Crippen molar-refractivity contribution in [2.45, 2.75) is 6.92 Å². The molecule has 0 spiro atoms. The summed E-state index contributed by atoms with van der Waals surface area (Å²) in [6.07, 6.45) is 0. The van der Waals surface area contributed by atoms with Gasteiger partial charge in [0.2, 0.25) is 5.91 Å². The smallest absolute Gasteiger partial charge is 0.282 e. The zero-order valence-corrected chi connectivity index (χ0v) is 13.8. The van der Waals surface area contributed by atoms with E-state index in [1.54, 1.807) is 24.3 Å². The Bertz CT molecular complexity index is 999.